The molecule has 0 bridgehead atoms. The Morgan fingerprint density at radius 2 is 1.62 bits per heavy atom. The van der Waals surface area contributed by atoms with Crippen LogP contribution in [0.2, 0.25) is 0 Å². The highest BCUT2D eigenvalue weighted by Crippen LogP contribution is 2.32. The Bertz CT molecular complexity index is 686. The second kappa shape index (κ2) is 4.46. The zero-order chi connectivity index (χ0) is 15.4. The number of nitrogens with zero attached hydrogens (tertiary/aromatic N) is 1. The summed E-state index contributed by atoms with van der Waals surface area (Å²) in [6.45, 7) is 0. The first-order valence-corrected chi connectivity index (χ1v) is 5.97. The summed E-state index contributed by atoms with van der Waals surface area (Å²) in [7, 11) is 34.3. The van der Waals surface area contributed by atoms with E-state index in [9.17, 15) is 0 Å². The van der Waals surface area contributed by atoms with Crippen LogP contribution in [0.3, 0.4) is 0 Å². The molecule has 2 heterocycles. The maximum absolute atomic E-state index is 5.73. The molecule has 12 radical (unpaired) electrons. The van der Waals surface area contributed by atoms with Crippen molar-refractivity contribution in [3.05, 3.63) is 24.2 Å². The van der Waals surface area contributed by atoms with Gasteiger partial charge in [-0.05, 0) is 22.8 Å². The van der Waals surface area contributed by atoms with Crippen molar-refractivity contribution in [2.24, 2.45) is 4.99 Å². The maximum Gasteiger partial charge on any atom is 0.204 e. The Labute approximate surface area is 130 Å². The third-order valence-corrected chi connectivity index (χ3v) is 3.18. The highest BCUT2D eigenvalue weighted by Gasteiger charge is 2.42. The van der Waals surface area contributed by atoms with Gasteiger partial charge in [0.2, 0.25) is 5.76 Å². The molecule has 88 valence electrons. The summed E-state index contributed by atoms with van der Waals surface area (Å²) in [4.78, 5) is 3.99. The topological polar surface area (TPSA) is 42.8 Å². The minimum atomic E-state index is -1.69. The SMILES string of the molecule is [B]c1cc2c(cc1[B])OC(C1=NC([B])([B])C([B])([B])N1)=CO2. The van der Waals surface area contributed by atoms with E-state index in [0.717, 1.165) is 0 Å². The zero-order valence-corrected chi connectivity index (χ0v) is 11.0. The second-order valence-electron chi connectivity index (χ2n) is 4.91. The van der Waals surface area contributed by atoms with E-state index in [1.807, 2.05) is 0 Å². The first-order valence-electron chi connectivity index (χ1n) is 5.97. The molecular formula is C11H4B6N2O2. The van der Waals surface area contributed by atoms with Gasteiger partial charge in [0.1, 0.15) is 22.0 Å². The van der Waals surface area contributed by atoms with Crippen molar-refractivity contribution in [1.29, 1.82) is 0 Å². The van der Waals surface area contributed by atoms with Crippen LogP contribution in [0.25, 0.3) is 0 Å². The van der Waals surface area contributed by atoms with Gasteiger partial charge < -0.3 is 14.8 Å². The lowest BCUT2D eigenvalue weighted by Crippen LogP contribution is -2.60. The molecule has 0 spiro atoms. The van der Waals surface area contributed by atoms with Gasteiger partial charge in [-0.15, -0.1) is 0 Å². The van der Waals surface area contributed by atoms with Crippen molar-refractivity contribution in [2.45, 2.75) is 10.7 Å². The first-order chi connectivity index (χ1) is 9.69. The smallest absolute Gasteiger partial charge is 0.204 e. The van der Waals surface area contributed by atoms with Crippen LogP contribution in [0.1, 0.15) is 0 Å². The molecule has 1 aromatic rings. The number of ether oxygens (including phenoxy) is 2. The van der Waals surface area contributed by atoms with Crippen LogP contribution in [0.4, 0.5) is 0 Å². The van der Waals surface area contributed by atoms with Crippen LogP contribution in [-0.4, -0.2) is 63.6 Å². The van der Waals surface area contributed by atoms with Crippen molar-refractivity contribution in [2.75, 3.05) is 0 Å². The number of fused-ring (bicyclic) bond motifs is 1. The van der Waals surface area contributed by atoms with E-state index in [-0.39, 0.29) is 11.6 Å². The summed E-state index contributed by atoms with van der Waals surface area (Å²) in [6.07, 6.45) is 1.31. The van der Waals surface area contributed by atoms with E-state index < -0.39 is 10.7 Å². The fourth-order valence-corrected chi connectivity index (χ4v) is 1.85. The van der Waals surface area contributed by atoms with Crippen LogP contribution in [0, 0.1) is 0 Å². The van der Waals surface area contributed by atoms with Gasteiger partial charge >= 0.3 is 0 Å². The van der Waals surface area contributed by atoms with E-state index >= 15 is 0 Å². The number of hydrogen-bond acceptors (Lipinski definition) is 4. The van der Waals surface area contributed by atoms with E-state index in [4.69, 9.17) is 56.6 Å². The molecule has 21 heavy (non-hydrogen) atoms. The molecule has 2 aliphatic heterocycles. The molecule has 0 saturated carbocycles. The van der Waals surface area contributed by atoms with Crippen LogP contribution in [0.5, 0.6) is 11.5 Å². The summed E-state index contributed by atoms with van der Waals surface area (Å²) in [5, 5.41) is -0.632. The van der Waals surface area contributed by atoms with Gasteiger partial charge in [-0.2, -0.15) is 0 Å². The lowest BCUT2D eigenvalue weighted by Gasteiger charge is -2.35. The summed E-state index contributed by atoms with van der Waals surface area (Å²) >= 11 is 0. The van der Waals surface area contributed by atoms with Gasteiger partial charge in [0.05, 0.1) is 31.4 Å². The number of benzene rings is 1. The maximum atomic E-state index is 5.73. The predicted octanol–water partition coefficient (Wildman–Crippen LogP) is -3.13. The summed E-state index contributed by atoms with van der Waals surface area (Å²) in [5.41, 5.74) is 0.746. The molecule has 0 aliphatic carbocycles. The summed E-state index contributed by atoms with van der Waals surface area (Å²) in [6, 6.07) is 3.08. The number of hydrogen-bond donors (Lipinski definition) is 1. The van der Waals surface area contributed by atoms with Gasteiger partial charge in [0, 0.05) is 0 Å². The number of amidine groups is 1. The number of rotatable bonds is 1. The van der Waals surface area contributed by atoms with E-state index in [0.29, 0.717) is 22.4 Å². The van der Waals surface area contributed by atoms with Crippen molar-refractivity contribution < 1.29 is 9.47 Å². The van der Waals surface area contributed by atoms with Crippen LogP contribution in [0.15, 0.2) is 29.1 Å². The van der Waals surface area contributed by atoms with Crippen molar-refractivity contribution in [1.82, 2.24) is 5.32 Å². The average Bonchev–Trinajstić information content (AvgIpc) is 2.59. The van der Waals surface area contributed by atoms with E-state index in [1.165, 1.54) is 12.3 Å². The van der Waals surface area contributed by atoms with Gasteiger partial charge in [-0.3, -0.25) is 4.99 Å². The lowest BCUT2D eigenvalue weighted by atomic mass is 9.39. The van der Waals surface area contributed by atoms with Gasteiger partial charge in [0.25, 0.3) is 0 Å². The highest BCUT2D eigenvalue weighted by atomic mass is 16.6. The molecule has 0 saturated heterocycles. The molecule has 3 rings (SSSR count). The molecule has 10 heteroatoms. The molecule has 0 amide bonds. The highest BCUT2D eigenvalue weighted by molar-refractivity contribution is 6.56. The van der Waals surface area contributed by atoms with Crippen molar-refractivity contribution in [3.8, 4) is 11.5 Å². The number of nitrogens with one attached hydrogen (secondary N) is 1. The Hall–Kier alpha value is -1.58. The van der Waals surface area contributed by atoms with Gasteiger partial charge in [-0.25, -0.2) is 0 Å². The molecule has 0 aromatic heterocycles. The van der Waals surface area contributed by atoms with Crippen LogP contribution < -0.4 is 25.7 Å². The molecule has 4 nitrogen and oxygen atoms in total. The van der Waals surface area contributed by atoms with E-state index in [2.05, 4.69) is 10.3 Å². The van der Waals surface area contributed by atoms with Crippen molar-refractivity contribution in [3.63, 3.8) is 0 Å². The first kappa shape index (κ1) is 14.4. The van der Waals surface area contributed by atoms with Gasteiger partial charge in [0.15, 0.2) is 17.3 Å². The minimum Gasteiger partial charge on any atom is -0.457 e. The molecular weight excluding hydrogens is 257 g/mol. The third kappa shape index (κ3) is 2.30. The standard InChI is InChI=1S/C11H4B6N2O2/c12-4-1-6-7(2-5(4)13)21-8(3-20-6)9-18-10(14,15)11(16,17)19-9/h1-3H,(H,18,19). The predicted molar refractivity (Wildman–Crippen MR) is 85.6 cm³/mol. The molecule has 0 unspecified atom stereocenters. The summed E-state index contributed by atoms with van der Waals surface area (Å²) < 4.78 is 11.0. The largest absolute Gasteiger partial charge is 0.457 e. The van der Waals surface area contributed by atoms with Crippen LogP contribution >= 0.6 is 0 Å². The fraction of sp³-hybridized carbons (Fsp3) is 0.182. The molecule has 1 N–H and O–H groups in total. The average molecular weight is 261 g/mol. The molecule has 0 atom stereocenters. The molecule has 1 aromatic carbocycles. The van der Waals surface area contributed by atoms with E-state index in [1.54, 1.807) is 6.07 Å². The number of aliphatic imine (C=N–C) groups is 1. The Morgan fingerprint density at radius 1 is 1.00 bits per heavy atom. The normalized spacial score (nSPS) is 21.1. The quantitative estimate of drug-likeness (QED) is 0.544. The Morgan fingerprint density at radius 3 is 2.19 bits per heavy atom. The second-order valence-corrected chi connectivity index (χ2v) is 4.91. The monoisotopic (exact) mass is 262 g/mol. The summed E-state index contributed by atoms with van der Waals surface area (Å²) in [5.74, 6) is 1.17. The molecule has 2 aliphatic rings. The van der Waals surface area contributed by atoms with Crippen molar-refractivity contribution >= 4 is 63.8 Å². The minimum absolute atomic E-state index is 0.172. The zero-order valence-electron chi connectivity index (χ0n) is 11.0. The van der Waals surface area contributed by atoms with Gasteiger partial charge in [-0.1, -0.05) is 10.9 Å². The lowest BCUT2D eigenvalue weighted by molar-refractivity contribution is 0.343. The Balaban J connectivity index is 1.91. The fourth-order valence-electron chi connectivity index (χ4n) is 1.85. The molecule has 0 fully saturated rings. The third-order valence-electron chi connectivity index (χ3n) is 3.18. The Kier molecular flexibility index (Phi) is 3.05. The van der Waals surface area contributed by atoms with Crippen LogP contribution in [-0.2, 0) is 0 Å².